The largest absolute Gasteiger partial charge is 0.461 e. The Hall–Kier alpha value is -3.27. The molecule has 138 valence electrons. The number of aromatic amines is 1. The maximum absolute atomic E-state index is 12.4. The average Bonchev–Trinajstić information content (AvgIpc) is 3.39. The molecule has 0 saturated carbocycles. The van der Waals surface area contributed by atoms with Crippen LogP contribution in [0.15, 0.2) is 43.6 Å². The van der Waals surface area contributed by atoms with Crippen LogP contribution in [0.25, 0.3) is 21.8 Å². The van der Waals surface area contributed by atoms with Gasteiger partial charge in [-0.2, -0.15) is 4.98 Å². The molecule has 0 saturated heterocycles. The first-order valence-electron chi connectivity index (χ1n) is 8.17. The van der Waals surface area contributed by atoms with E-state index >= 15 is 0 Å². The van der Waals surface area contributed by atoms with Gasteiger partial charge in [0, 0.05) is 19.9 Å². The number of nitrogens with zero attached hydrogens (tertiary/aromatic N) is 4. The fourth-order valence-electron chi connectivity index (χ4n) is 2.58. The fraction of sp³-hybridized carbons (Fsp3) is 0.235. The Balaban J connectivity index is 1.37. The predicted molar refractivity (Wildman–Crippen MR) is 97.0 cm³/mol. The van der Waals surface area contributed by atoms with E-state index in [1.54, 1.807) is 25.2 Å². The van der Waals surface area contributed by atoms with Gasteiger partial charge in [-0.1, -0.05) is 5.16 Å². The van der Waals surface area contributed by atoms with Gasteiger partial charge >= 0.3 is 0 Å². The fourth-order valence-corrected chi connectivity index (χ4v) is 3.30. The van der Waals surface area contributed by atoms with Crippen LogP contribution in [0.3, 0.4) is 0 Å². The molecule has 0 atom stereocenters. The first kappa shape index (κ1) is 17.2. The van der Waals surface area contributed by atoms with Gasteiger partial charge in [0.15, 0.2) is 5.76 Å². The summed E-state index contributed by atoms with van der Waals surface area (Å²) < 4.78 is 10.9. The predicted octanol–water partition coefficient (Wildman–Crippen LogP) is 2.22. The van der Waals surface area contributed by atoms with E-state index in [4.69, 9.17) is 8.94 Å². The van der Waals surface area contributed by atoms with Crippen molar-refractivity contribution in [1.82, 2.24) is 25.0 Å². The first-order valence-corrected chi connectivity index (χ1v) is 9.05. The number of carbonyl (C=O) groups excluding carboxylic acids is 1. The lowest BCUT2D eigenvalue weighted by molar-refractivity contribution is -0.130. The van der Waals surface area contributed by atoms with Crippen molar-refractivity contribution in [3.05, 3.63) is 51.9 Å². The second-order valence-corrected chi connectivity index (χ2v) is 6.80. The number of nitrogens with one attached hydrogen (secondary N) is 1. The highest BCUT2D eigenvalue weighted by atomic mass is 32.1. The van der Waals surface area contributed by atoms with Gasteiger partial charge in [0.1, 0.15) is 10.5 Å². The summed E-state index contributed by atoms with van der Waals surface area (Å²) in [6.45, 7) is 0.210. The number of rotatable bonds is 6. The number of fused-ring (bicyclic) bond motifs is 1. The van der Waals surface area contributed by atoms with Gasteiger partial charge in [-0.15, -0.1) is 11.3 Å². The topological polar surface area (TPSA) is 118 Å². The molecular formula is C17H15N5O4S. The van der Waals surface area contributed by atoms with Crippen molar-refractivity contribution in [2.75, 3.05) is 7.05 Å². The smallest absolute Gasteiger partial charge is 0.268 e. The quantitative estimate of drug-likeness (QED) is 0.540. The molecule has 0 aliphatic heterocycles. The average molecular weight is 385 g/mol. The molecule has 4 aromatic rings. The Morgan fingerprint density at radius 1 is 1.33 bits per heavy atom. The van der Waals surface area contributed by atoms with Gasteiger partial charge in [0.25, 0.3) is 5.56 Å². The molecule has 1 amide bonds. The zero-order valence-corrected chi connectivity index (χ0v) is 15.2. The van der Waals surface area contributed by atoms with Gasteiger partial charge < -0.3 is 18.8 Å². The first-order chi connectivity index (χ1) is 13.1. The van der Waals surface area contributed by atoms with Crippen LogP contribution in [0, 0.1) is 0 Å². The maximum atomic E-state index is 12.4. The van der Waals surface area contributed by atoms with E-state index in [9.17, 15) is 9.59 Å². The second-order valence-electron chi connectivity index (χ2n) is 5.89. The lowest BCUT2D eigenvalue weighted by Gasteiger charge is -2.15. The van der Waals surface area contributed by atoms with Gasteiger partial charge in [-0.3, -0.25) is 9.59 Å². The van der Waals surface area contributed by atoms with E-state index in [1.165, 1.54) is 22.5 Å². The zero-order chi connectivity index (χ0) is 18.8. The van der Waals surface area contributed by atoms with Gasteiger partial charge in [-0.05, 0) is 23.6 Å². The van der Waals surface area contributed by atoms with Gasteiger partial charge in [-0.25, -0.2) is 4.98 Å². The molecule has 4 rings (SSSR count). The lowest BCUT2D eigenvalue weighted by atomic mass is 10.2. The highest BCUT2D eigenvalue weighted by Crippen LogP contribution is 2.17. The summed E-state index contributed by atoms with van der Waals surface area (Å²) in [6, 6.07) is 5.24. The summed E-state index contributed by atoms with van der Waals surface area (Å²) >= 11 is 1.34. The molecular weight excluding hydrogens is 370 g/mol. The molecule has 0 spiro atoms. The third-order valence-corrected chi connectivity index (χ3v) is 4.84. The van der Waals surface area contributed by atoms with Crippen molar-refractivity contribution >= 4 is 27.5 Å². The van der Waals surface area contributed by atoms with E-state index in [0.29, 0.717) is 39.9 Å². The minimum absolute atomic E-state index is 0.124. The van der Waals surface area contributed by atoms with E-state index in [2.05, 4.69) is 20.1 Å². The highest BCUT2D eigenvalue weighted by molar-refractivity contribution is 7.17. The van der Waals surface area contributed by atoms with E-state index in [-0.39, 0.29) is 24.4 Å². The highest BCUT2D eigenvalue weighted by Gasteiger charge is 2.16. The number of aromatic nitrogens is 4. The van der Waals surface area contributed by atoms with Crippen molar-refractivity contribution in [2.45, 2.75) is 19.4 Å². The number of hydrogen-bond donors (Lipinski definition) is 1. The van der Waals surface area contributed by atoms with Gasteiger partial charge in [0.2, 0.25) is 17.6 Å². The lowest BCUT2D eigenvalue weighted by Crippen LogP contribution is -2.28. The molecule has 0 aliphatic rings. The molecule has 27 heavy (non-hydrogen) atoms. The van der Waals surface area contributed by atoms with Crippen molar-refractivity contribution in [3.63, 3.8) is 0 Å². The summed E-state index contributed by atoms with van der Waals surface area (Å²) in [5.41, 5.74) is 0.443. The van der Waals surface area contributed by atoms with E-state index in [0.717, 1.165) is 0 Å². The number of furan rings is 1. The van der Waals surface area contributed by atoms with Crippen LogP contribution in [0.4, 0.5) is 0 Å². The summed E-state index contributed by atoms with van der Waals surface area (Å²) in [4.78, 5) is 37.2. The number of H-pyrrole nitrogens is 1. The molecule has 0 aliphatic carbocycles. The molecule has 4 aromatic heterocycles. The minimum atomic E-state index is -0.192. The summed E-state index contributed by atoms with van der Waals surface area (Å²) in [6.07, 6.45) is 2.03. The summed E-state index contributed by atoms with van der Waals surface area (Å²) in [5.74, 6) is 1.53. The van der Waals surface area contributed by atoms with Crippen LogP contribution in [0.1, 0.15) is 18.1 Å². The van der Waals surface area contributed by atoms with Crippen LogP contribution in [-0.2, 0) is 17.8 Å². The Bertz CT molecular complexity index is 1130. The van der Waals surface area contributed by atoms with Crippen LogP contribution in [-0.4, -0.2) is 38.0 Å². The number of amides is 1. The number of carbonyl (C=O) groups is 1. The Kier molecular flexibility index (Phi) is 4.55. The van der Waals surface area contributed by atoms with Crippen molar-refractivity contribution in [3.8, 4) is 11.6 Å². The van der Waals surface area contributed by atoms with Crippen molar-refractivity contribution in [2.24, 2.45) is 0 Å². The normalized spacial score (nSPS) is 11.1. The maximum Gasteiger partial charge on any atom is 0.268 e. The molecule has 0 radical (unpaired) electrons. The van der Waals surface area contributed by atoms with Crippen molar-refractivity contribution < 1.29 is 13.7 Å². The zero-order valence-electron chi connectivity index (χ0n) is 14.3. The molecule has 0 fully saturated rings. The van der Waals surface area contributed by atoms with Crippen LogP contribution in [0.5, 0.6) is 0 Å². The number of aryl methyl sites for hydroxylation is 1. The standard InChI is InChI=1S/C17H15N5O4S/c1-22(9-12-18-10-6-8-27-15(10)17(24)19-12)14(23)5-4-13-20-16(21-26-13)11-3-2-7-25-11/h2-3,6-8H,4-5,9H2,1H3,(H,18,19,24). The molecule has 9 nitrogen and oxygen atoms in total. The second kappa shape index (κ2) is 7.16. The van der Waals surface area contributed by atoms with Crippen molar-refractivity contribution in [1.29, 1.82) is 0 Å². The Labute approximate surface area is 156 Å². The third kappa shape index (κ3) is 3.65. The van der Waals surface area contributed by atoms with E-state index < -0.39 is 0 Å². The summed E-state index contributed by atoms with van der Waals surface area (Å²) in [7, 11) is 1.65. The molecule has 4 heterocycles. The minimum Gasteiger partial charge on any atom is -0.461 e. The Morgan fingerprint density at radius 2 is 2.22 bits per heavy atom. The van der Waals surface area contributed by atoms with Crippen LogP contribution in [0.2, 0.25) is 0 Å². The van der Waals surface area contributed by atoms with Gasteiger partial charge in [0.05, 0.1) is 18.3 Å². The third-order valence-electron chi connectivity index (χ3n) is 3.94. The molecule has 1 N–H and O–H groups in total. The summed E-state index contributed by atoms with van der Waals surface area (Å²) in [5, 5.41) is 5.64. The van der Waals surface area contributed by atoms with Crippen LogP contribution < -0.4 is 5.56 Å². The monoisotopic (exact) mass is 385 g/mol. The molecule has 0 aromatic carbocycles. The number of hydrogen-bond acceptors (Lipinski definition) is 8. The molecule has 10 heteroatoms. The van der Waals surface area contributed by atoms with E-state index in [1.807, 2.05) is 5.38 Å². The SMILES string of the molecule is CN(Cc1nc2ccsc2c(=O)[nH]1)C(=O)CCc1nc(-c2ccco2)no1. The molecule has 0 unspecified atom stereocenters. The van der Waals surface area contributed by atoms with Crippen LogP contribution >= 0.6 is 11.3 Å². The number of thiophene rings is 1. The Morgan fingerprint density at radius 3 is 3.04 bits per heavy atom. The molecule has 0 bridgehead atoms.